The molecule has 0 saturated heterocycles. The predicted octanol–water partition coefficient (Wildman–Crippen LogP) is 6.09. The van der Waals surface area contributed by atoms with Gasteiger partial charge in [-0.2, -0.15) is 0 Å². The Morgan fingerprint density at radius 3 is 2.37 bits per heavy atom. The van der Waals surface area contributed by atoms with E-state index in [-0.39, 0.29) is 5.41 Å². The second-order valence-corrected chi connectivity index (χ2v) is 7.97. The summed E-state index contributed by atoms with van der Waals surface area (Å²) < 4.78 is 0. The highest BCUT2D eigenvalue weighted by Gasteiger charge is 2.22. The van der Waals surface area contributed by atoms with Gasteiger partial charge in [-0.1, -0.05) is 67.9 Å². The molecule has 0 N–H and O–H groups in total. The van der Waals surface area contributed by atoms with Crippen molar-refractivity contribution in [2.24, 2.45) is 0 Å². The third-order valence-electron chi connectivity index (χ3n) is 3.32. The second-order valence-electron chi connectivity index (χ2n) is 5.86. The molecule has 2 rings (SSSR count). The van der Waals surface area contributed by atoms with Crippen molar-refractivity contribution in [3.63, 3.8) is 0 Å². The average Bonchev–Trinajstić information content (AvgIpc) is 2.85. The number of rotatable bonds is 3. The maximum Gasteiger partial charge on any atom is 0.0741 e. The van der Waals surface area contributed by atoms with Gasteiger partial charge in [0.05, 0.1) is 4.83 Å². The molecule has 0 aliphatic rings. The fourth-order valence-electron chi connectivity index (χ4n) is 2.28. The smallest absolute Gasteiger partial charge is 0.0741 e. The van der Waals surface area contributed by atoms with Gasteiger partial charge in [0.15, 0.2) is 0 Å². The van der Waals surface area contributed by atoms with Crippen LogP contribution in [0.2, 0.25) is 0 Å². The highest BCUT2D eigenvalue weighted by Crippen LogP contribution is 2.40. The van der Waals surface area contributed by atoms with Gasteiger partial charge in [-0.15, -0.1) is 11.3 Å². The Balaban J connectivity index is 2.41. The molecule has 2 aromatic rings. The summed E-state index contributed by atoms with van der Waals surface area (Å²) in [4.78, 5) is 3.15. The van der Waals surface area contributed by atoms with E-state index >= 15 is 0 Å². The summed E-state index contributed by atoms with van der Waals surface area (Å²) in [6.45, 7) is 9.04. The molecule has 1 atom stereocenters. The van der Waals surface area contributed by atoms with Crippen molar-refractivity contribution in [2.45, 2.75) is 44.4 Å². The van der Waals surface area contributed by atoms with Gasteiger partial charge in [-0.25, -0.2) is 0 Å². The third kappa shape index (κ3) is 3.29. The lowest BCUT2D eigenvalue weighted by Gasteiger charge is -2.24. The molecule has 1 unspecified atom stereocenters. The molecule has 0 bridgehead atoms. The molecule has 2 heteroatoms. The number of thiophene rings is 1. The van der Waals surface area contributed by atoms with E-state index in [1.54, 1.807) is 0 Å². The Kier molecular flexibility index (Phi) is 4.52. The number of benzene rings is 1. The van der Waals surface area contributed by atoms with Crippen LogP contribution in [0.4, 0.5) is 0 Å². The van der Waals surface area contributed by atoms with E-state index < -0.39 is 0 Å². The predicted molar refractivity (Wildman–Crippen MR) is 89.6 cm³/mol. The van der Waals surface area contributed by atoms with Crippen molar-refractivity contribution in [3.05, 3.63) is 57.3 Å². The molecular formula is C17H21BrS. The van der Waals surface area contributed by atoms with Crippen molar-refractivity contribution in [3.8, 4) is 0 Å². The lowest BCUT2D eigenvalue weighted by molar-refractivity contribution is 0.584. The zero-order valence-corrected chi connectivity index (χ0v) is 14.4. The largest absolute Gasteiger partial charge is 0.144 e. The van der Waals surface area contributed by atoms with Crippen LogP contribution in [0.3, 0.4) is 0 Å². The standard InChI is InChI=1S/C17H21BrS/c1-5-12-10-11-15(19-12)16(18)13-8-6-7-9-14(13)17(2,3)4/h6-11,16H,5H2,1-4H3. The first-order valence-corrected chi connectivity index (χ1v) is 8.48. The molecule has 102 valence electrons. The summed E-state index contributed by atoms with van der Waals surface area (Å²) in [5.74, 6) is 0. The topological polar surface area (TPSA) is 0 Å². The van der Waals surface area contributed by atoms with Crippen LogP contribution in [0.5, 0.6) is 0 Å². The lowest BCUT2D eigenvalue weighted by atomic mass is 9.83. The summed E-state index contributed by atoms with van der Waals surface area (Å²) in [7, 11) is 0. The van der Waals surface area contributed by atoms with Gasteiger partial charge in [0.1, 0.15) is 0 Å². The maximum atomic E-state index is 3.89. The first kappa shape index (κ1) is 14.8. The van der Waals surface area contributed by atoms with Crippen LogP contribution in [0.1, 0.15) is 53.4 Å². The van der Waals surface area contributed by atoms with Crippen LogP contribution in [-0.4, -0.2) is 0 Å². The second kappa shape index (κ2) is 5.80. The summed E-state index contributed by atoms with van der Waals surface area (Å²) in [6, 6.07) is 13.3. The Hall–Kier alpha value is -0.600. The molecule has 0 fully saturated rings. The van der Waals surface area contributed by atoms with E-state index in [2.05, 4.69) is 80.0 Å². The van der Waals surface area contributed by atoms with Crippen molar-refractivity contribution < 1.29 is 0 Å². The van der Waals surface area contributed by atoms with E-state index in [9.17, 15) is 0 Å². The van der Waals surface area contributed by atoms with Gasteiger partial charge >= 0.3 is 0 Å². The van der Waals surface area contributed by atoms with E-state index in [4.69, 9.17) is 0 Å². The minimum Gasteiger partial charge on any atom is -0.144 e. The highest BCUT2D eigenvalue weighted by molar-refractivity contribution is 9.09. The van der Waals surface area contributed by atoms with Crippen molar-refractivity contribution >= 4 is 27.3 Å². The number of alkyl halides is 1. The molecule has 0 aliphatic heterocycles. The van der Waals surface area contributed by atoms with Gasteiger partial charge in [0.25, 0.3) is 0 Å². The van der Waals surface area contributed by atoms with Crippen LogP contribution in [-0.2, 0) is 11.8 Å². The summed E-state index contributed by atoms with van der Waals surface area (Å²) in [5, 5.41) is 0. The Bertz CT molecular complexity index is 548. The van der Waals surface area contributed by atoms with Crippen molar-refractivity contribution in [1.29, 1.82) is 0 Å². The van der Waals surface area contributed by atoms with Gasteiger partial charge in [-0.3, -0.25) is 0 Å². The fourth-order valence-corrected chi connectivity index (χ4v) is 4.06. The van der Waals surface area contributed by atoms with Crippen molar-refractivity contribution in [2.75, 3.05) is 0 Å². The van der Waals surface area contributed by atoms with Crippen LogP contribution in [0.25, 0.3) is 0 Å². The minimum absolute atomic E-state index is 0.174. The normalized spacial score (nSPS) is 13.5. The van der Waals surface area contributed by atoms with Crippen LogP contribution in [0, 0.1) is 0 Å². The zero-order chi connectivity index (χ0) is 14.0. The third-order valence-corrected chi connectivity index (χ3v) is 5.91. The van der Waals surface area contributed by atoms with E-state index in [1.807, 2.05) is 11.3 Å². The van der Waals surface area contributed by atoms with E-state index in [0.29, 0.717) is 4.83 Å². The summed E-state index contributed by atoms with van der Waals surface area (Å²) in [6.07, 6.45) is 1.12. The van der Waals surface area contributed by atoms with Crippen LogP contribution < -0.4 is 0 Å². The molecule has 1 aromatic carbocycles. The molecular weight excluding hydrogens is 316 g/mol. The molecule has 1 aromatic heterocycles. The SMILES string of the molecule is CCc1ccc(C(Br)c2ccccc2C(C)(C)C)s1. The molecule has 0 spiro atoms. The van der Waals surface area contributed by atoms with Crippen LogP contribution >= 0.6 is 27.3 Å². The first-order valence-electron chi connectivity index (χ1n) is 6.75. The fraction of sp³-hybridized carbons (Fsp3) is 0.412. The quantitative estimate of drug-likeness (QED) is 0.594. The Morgan fingerprint density at radius 1 is 1.11 bits per heavy atom. The zero-order valence-electron chi connectivity index (χ0n) is 12.0. The maximum absolute atomic E-state index is 3.89. The van der Waals surface area contributed by atoms with Crippen LogP contribution in [0.15, 0.2) is 36.4 Å². The number of hydrogen-bond donors (Lipinski definition) is 0. The number of aryl methyl sites for hydroxylation is 1. The Labute approximate surface area is 129 Å². The highest BCUT2D eigenvalue weighted by atomic mass is 79.9. The molecule has 0 aliphatic carbocycles. The van der Waals surface area contributed by atoms with Gasteiger partial charge < -0.3 is 0 Å². The Morgan fingerprint density at radius 2 is 1.79 bits per heavy atom. The molecule has 0 nitrogen and oxygen atoms in total. The van der Waals surface area contributed by atoms with E-state index in [1.165, 1.54) is 20.9 Å². The summed E-state index contributed by atoms with van der Waals surface area (Å²) in [5.41, 5.74) is 2.98. The first-order chi connectivity index (χ1) is 8.93. The van der Waals surface area contributed by atoms with Crippen molar-refractivity contribution in [1.82, 2.24) is 0 Å². The van der Waals surface area contributed by atoms with E-state index in [0.717, 1.165) is 6.42 Å². The number of halogens is 1. The monoisotopic (exact) mass is 336 g/mol. The van der Waals surface area contributed by atoms with Gasteiger partial charge in [0, 0.05) is 9.75 Å². The molecule has 1 heterocycles. The minimum atomic E-state index is 0.174. The van der Waals surface area contributed by atoms with Gasteiger partial charge in [0.2, 0.25) is 0 Å². The van der Waals surface area contributed by atoms with Gasteiger partial charge in [-0.05, 0) is 35.1 Å². The average molecular weight is 337 g/mol. The molecule has 19 heavy (non-hydrogen) atoms. The number of hydrogen-bond acceptors (Lipinski definition) is 1. The molecule has 0 saturated carbocycles. The summed E-state index contributed by atoms with van der Waals surface area (Å²) >= 11 is 5.80. The lowest BCUT2D eigenvalue weighted by Crippen LogP contribution is -2.14. The molecule has 0 radical (unpaired) electrons. The molecule has 0 amide bonds.